The summed E-state index contributed by atoms with van der Waals surface area (Å²) in [5.74, 6) is 0. The molecule has 0 fully saturated rings. The van der Waals surface area contributed by atoms with Crippen LogP contribution in [0.2, 0.25) is 0 Å². The maximum atomic E-state index is 5.24. The van der Waals surface area contributed by atoms with Crippen LogP contribution in [0.15, 0.2) is 0 Å². The van der Waals surface area contributed by atoms with Gasteiger partial charge in [0.25, 0.3) is 0 Å². The predicted molar refractivity (Wildman–Crippen MR) is 41.1 cm³/mol. The molecule has 0 saturated heterocycles. The third kappa shape index (κ3) is 6.35. The molecule has 3 heteroatoms. The molecule has 0 aromatic heterocycles. The van der Waals surface area contributed by atoms with E-state index in [1.54, 1.807) is 0 Å². The molecule has 0 rings (SSSR count). The van der Waals surface area contributed by atoms with Crippen molar-refractivity contribution >= 4 is 9.24 Å². The van der Waals surface area contributed by atoms with Crippen molar-refractivity contribution in [1.82, 2.24) is 5.32 Å². The van der Waals surface area contributed by atoms with Gasteiger partial charge in [0.2, 0.25) is 0 Å². The highest BCUT2D eigenvalue weighted by atomic mass is 31.0. The van der Waals surface area contributed by atoms with Crippen molar-refractivity contribution in [1.29, 1.82) is 0 Å². The Bertz CT molecular complexity index is 35.4. The Hall–Kier alpha value is 0.350. The summed E-state index contributed by atoms with van der Waals surface area (Å²) in [6, 6.07) is 0. The van der Waals surface area contributed by atoms with Gasteiger partial charge in [0, 0.05) is 13.1 Å². The monoisotopic (exact) mass is 134 g/mol. The lowest BCUT2D eigenvalue weighted by atomic mass is 10.5. The smallest absolute Gasteiger partial charge is 0.00745 e. The van der Waals surface area contributed by atoms with Gasteiger partial charge in [-0.3, -0.25) is 0 Å². The average molecular weight is 134 g/mol. The number of nitrogens with one attached hydrogen (secondary N) is 1. The number of hydrogen-bond donors (Lipinski definition) is 2. The van der Waals surface area contributed by atoms with Crippen LogP contribution >= 0.6 is 9.24 Å². The van der Waals surface area contributed by atoms with Crippen LogP contribution in [0.1, 0.15) is 6.42 Å². The zero-order chi connectivity index (χ0) is 6.24. The first kappa shape index (κ1) is 8.35. The number of hydrogen-bond acceptors (Lipinski definition) is 2. The van der Waals surface area contributed by atoms with E-state index < -0.39 is 0 Å². The SMILES string of the molecule is NCCNCCCP. The van der Waals surface area contributed by atoms with Crippen LogP contribution in [-0.2, 0) is 0 Å². The summed E-state index contributed by atoms with van der Waals surface area (Å²) in [6.07, 6.45) is 2.40. The lowest BCUT2D eigenvalue weighted by Gasteiger charge is -1.98. The van der Waals surface area contributed by atoms with Crippen molar-refractivity contribution in [2.75, 3.05) is 25.8 Å². The van der Waals surface area contributed by atoms with Crippen LogP contribution in [0.3, 0.4) is 0 Å². The van der Waals surface area contributed by atoms with E-state index in [1.807, 2.05) is 0 Å². The molecule has 0 aliphatic rings. The van der Waals surface area contributed by atoms with Crippen LogP contribution in [-0.4, -0.2) is 25.8 Å². The van der Waals surface area contributed by atoms with Crippen molar-refractivity contribution < 1.29 is 0 Å². The Balaban J connectivity index is 2.53. The summed E-state index contributed by atoms with van der Waals surface area (Å²) in [7, 11) is 2.69. The lowest BCUT2D eigenvalue weighted by Crippen LogP contribution is -2.23. The van der Waals surface area contributed by atoms with Gasteiger partial charge in [-0.1, -0.05) is 0 Å². The molecular weight excluding hydrogens is 119 g/mol. The molecule has 0 aromatic rings. The fraction of sp³-hybridized carbons (Fsp3) is 1.00. The first-order chi connectivity index (χ1) is 3.91. The van der Waals surface area contributed by atoms with E-state index in [9.17, 15) is 0 Å². The Kier molecular flexibility index (Phi) is 7.67. The van der Waals surface area contributed by atoms with Crippen LogP contribution < -0.4 is 11.1 Å². The van der Waals surface area contributed by atoms with Crippen LogP contribution in [0, 0.1) is 0 Å². The molecule has 0 radical (unpaired) electrons. The normalized spacial score (nSPS) is 9.75. The summed E-state index contributed by atoms with van der Waals surface area (Å²) >= 11 is 0. The van der Waals surface area contributed by atoms with Crippen molar-refractivity contribution in [2.45, 2.75) is 6.42 Å². The van der Waals surface area contributed by atoms with Gasteiger partial charge in [-0.05, 0) is 19.1 Å². The van der Waals surface area contributed by atoms with Crippen LogP contribution in [0.5, 0.6) is 0 Å². The fourth-order valence-electron chi connectivity index (χ4n) is 0.454. The minimum absolute atomic E-state index is 0.747. The predicted octanol–water partition coefficient (Wildman–Crippen LogP) is -0.200. The molecule has 0 bridgehead atoms. The minimum atomic E-state index is 0.747. The molecule has 1 unspecified atom stereocenters. The third-order valence-corrected chi connectivity index (χ3v) is 1.29. The lowest BCUT2D eigenvalue weighted by molar-refractivity contribution is 0.681. The van der Waals surface area contributed by atoms with E-state index >= 15 is 0 Å². The fourth-order valence-corrected chi connectivity index (χ4v) is 0.658. The summed E-state index contributed by atoms with van der Waals surface area (Å²) in [4.78, 5) is 0. The number of nitrogens with two attached hydrogens (primary N) is 1. The standard InChI is InChI=1S/C5H15N2P/c6-2-4-7-3-1-5-8/h7H,1-6,8H2. The van der Waals surface area contributed by atoms with E-state index in [0.717, 1.165) is 19.6 Å². The maximum Gasteiger partial charge on any atom is 0.00745 e. The molecule has 1 atom stereocenters. The average Bonchev–Trinajstić information content (AvgIpc) is 1.81. The van der Waals surface area contributed by atoms with Gasteiger partial charge in [-0.15, -0.1) is 9.24 Å². The Morgan fingerprint density at radius 2 is 2.12 bits per heavy atom. The van der Waals surface area contributed by atoms with Crippen molar-refractivity contribution in [3.63, 3.8) is 0 Å². The Morgan fingerprint density at radius 1 is 1.38 bits per heavy atom. The van der Waals surface area contributed by atoms with E-state index in [4.69, 9.17) is 5.73 Å². The largest absolute Gasteiger partial charge is 0.329 e. The second-order valence-electron chi connectivity index (χ2n) is 1.68. The number of rotatable bonds is 5. The third-order valence-electron chi connectivity index (χ3n) is 0.879. The van der Waals surface area contributed by atoms with E-state index in [-0.39, 0.29) is 0 Å². The molecule has 2 nitrogen and oxygen atoms in total. The molecule has 0 spiro atoms. The van der Waals surface area contributed by atoms with E-state index in [0.29, 0.717) is 0 Å². The molecule has 0 aromatic carbocycles. The highest BCUT2D eigenvalue weighted by molar-refractivity contribution is 7.16. The Labute approximate surface area is 53.4 Å². The highest BCUT2D eigenvalue weighted by Crippen LogP contribution is 1.83. The second kappa shape index (κ2) is 7.35. The van der Waals surface area contributed by atoms with E-state index in [2.05, 4.69) is 14.6 Å². The topological polar surface area (TPSA) is 38.0 Å². The molecule has 0 amide bonds. The van der Waals surface area contributed by atoms with Gasteiger partial charge in [-0.2, -0.15) is 0 Å². The van der Waals surface area contributed by atoms with Crippen molar-refractivity contribution in [3.8, 4) is 0 Å². The van der Waals surface area contributed by atoms with Gasteiger partial charge in [0.15, 0.2) is 0 Å². The van der Waals surface area contributed by atoms with Crippen LogP contribution in [0.4, 0.5) is 0 Å². The molecular formula is C5H15N2P. The molecule has 8 heavy (non-hydrogen) atoms. The first-order valence-electron chi connectivity index (χ1n) is 3.02. The summed E-state index contributed by atoms with van der Waals surface area (Å²) < 4.78 is 0. The second-order valence-corrected chi connectivity index (χ2v) is 2.26. The highest BCUT2D eigenvalue weighted by Gasteiger charge is 1.80. The van der Waals surface area contributed by atoms with Crippen LogP contribution in [0.25, 0.3) is 0 Å². The summed E-state index contributed by atoms with van der Waals surface area (Å²) in [5.41, 5.74) is 5.24. The van der Waals surface area contributed by atoms with Gasteiger partial charge < -0.3 is 11.1 Å². The van der Waals surface area contributed by atoms with Crippen molar-refractivity contribution in [3.05, 3.63) is 0 Å². The molecule has 0 saturated carbocycles. The van der Waals surface area contributed by atoms with E-state index in [1.165, 1.54) is 12.6 Å². The quantitative estimate of drug-likeness (QED) is 0.403. The molecule has 50 valence electrons. The van der Waals surface area contributed by atoms with Gasteiger partial charge in [0.1, 0.15) is 0 Å². The zero-order valence-electron chi connectivity index (χ0n) is 5.19. The summed E-state index contributed by atoms with van der Waals surface area (Å²) in [5, 5.41) is 3.20. The molecule has 0 aliphatic heterocycles. The van der Waals surface area contributed by atoms with Gasteiger partial charge >= 0.3 is 0 Å². The molecule has 3 N–H and O–H groups in total. The van der Waals surface area contributed by atoms with Crippen molar-refractivity contribution in [2.24, 2.45) is 5.73 Å². The Morgan fingerprint density at radius 3 is 2.62 bits per heavy atom. The summed E-state index contributed by atoms with van der Waals surface area (Å²) in [6.45, 7) is 2.79. The molecule has 0 aliphatic carbocycles. The maximum absolute atomic E-state index is 5.24. The zero-order valence-corrected chi connectivity index (χ0v) is 6.34. The van der Waals surface area contributed by atoms with Gasteiger partial charge in [0.05, 0.1) is 0 Å². The minimum Gasteiger partial charge on any atom is -0.329 e. The molecule has 0 heterocycles. The first-order valence-corrected chi connectivity index (χ1v) is 3.84. The van der Waals surface area contributed by atoms with Gasteiger partial charge in [-0.25, -0.2) is 0 Å².